The molecule has 1 N–H and O–H groups in total. The van der Waals surface area contributed by atoms with Crippen LogP contribution in [0.25, 0.3) is 0 Å². The first-order valence-electron chi connectivity index (χ1n) is 7.56. The van der Waals surface area contributed by atoms with Crippen LogP contribution in [0, 0.1) is 18.8 Å². The lowest BCUT2D eigenvalue weighted by molar-refractivity contribution is 0.147. The second-order valence-corrected chi connectivity index (χ2v) is 5.65. The molecule has 0 aliphatic heterocycles. The molecule has 4 heteroatoms. The van der Waals surface area contributed by atoms with Crippen LogP contribution in [0.15, 0.2) is 6.20 Å². The van der Waals surface area contributed by atoms with E-state index in [0.29, 0.717) is 0 Å². The Morgan fingerprint density at radius 1 is 1.53 bits per heavy atom. The molecule has 0 radical (unpaired) electrons. The number of imidazole rings is 1. The normalized spacial score (nSPS) is 16.6. The van der Waals surface area contributed by atoms with Crippen LogP contribution in [0.4, 0.5) is 5.95 Å². The Balaban J connectivity index is 1.81. The van der Waals surface area contributed by atoms with Crippen molar-refractivity contribution in [2.75, 3.05) is 25.1 Å². The molecule has 1 aliphatic rings. The number of anilines is 1. The second kappa shape index (κ2) is 6.94. The average Bonchev–Trinajstić information content (AvgIpc) is 3.16. The molecule has 4 nitrogen and oxygen atoms in total. The fraction of sp³-hybridized carbons (Fsp3) is 0.800. The van der Waals surface area contributed by atoms with Gasteiger partial charge in [-0.1, -0.05) is 6.92 Å². The quantitative estimate of drug-likeness (QED) is 0.697. The maximum Gasteiger partial charge on any atom is 0.203 e. The van der Waals surface area contributed by atoms with Crippen LogP contribution in [0.2, 0.25) is 0 Å². The first kappa shape index (κ1) is 14.4. The molecule has 1 unspecified atom stereocenters. The monoisotopic (exact) mass is 265 g/mol. The van der Waals surface area contributed by atoms with E-state index in [1.165, 1.54) is 12.8 Å². The van der Waals surface area contributed by atoms with Gasteiger partial charge in [-0.2, -0.15) is 0 Å². The zero-order chi connectivity index (χ0) is 13.7. The SMILES string of the molecule is CCOCCCNc1nc(C)cn1CC(C)C1CC1. The largest absolute Gasteiger partial charge is 0.382 e. The molecule has 1 aliphatic carbocycles. The van der Waals surface area contributed by atoms with E-state index in [1.54, 1.807) is 0 Å². The predicted octanol–water partition coefficient (Wildman–Crippen LogP) is 3.08. The van der Waals surface area contributed by atoms with Crippen LogP contribution in [0.5, 0.6) is 0 Å². The summed E-state index contributed by atoms with van der Waals surface area (Å²) in [6.45, 7) is 10.1. The number of nitrogens with one attached hydrogen (secondary N) is 1. The predicted molar refractivity (Wildman–Crippen MR) is 78.5 cm³/mol. The summed E-state index contributed by atoms with van der Waals surface area (Å²) in [5, 5.41) is 3.43. The van der Waals surface area contributed by atoms with Crippen LogP contribution >= 0.6 is 0 Å². The van der Waals surface area contributed by atoms with Gasteiger partial charge in [0.15, 0.2) is 0 Å². The van der Waals surface area contributed by atoms with E-state index in [2.05, 4.69) is 34.9 Å². The molecule has 108 valence electrons. The van der Waals surface area contributed by atoms with Crippen LogP contribution in [0.3, 0.4) is 0 Å². The lowest BCUT2D eigenvalue weighted by Gasteiger charge is -2.14. The number of hydrogen-bond donors (Lipinski definition) is 1. The molecule has 0 amide bonds. The molecule has 1 aromatic heterocycles. The Kier molecular flexibility index (Phi) is 5.25. The number of rotatable bonds is 9. The summed E-state index contributed by atoms with van der Waals surface area (Å²) in [5.41, 5.74) is 1.09. The smallest absolute Gasteiger partial charge is 0.203 e. The maximum atomic E-state index is 5.34. The zero-order valence-corrected chi connectivity index (χ0v) is 12.5. The van der Waals surface area contributed by atoms with Crippen molar-refractivity contribution in [3.63, 3.8) is 0 Å². The van der Waals surface area contributed by atoms with Gasteiger partial charge in [0, 0.05) is 32.5 Å². The Bertz CT molecular complexity index is 385. The van der Waals surface area contributed by atoms with E-state index in [1.807, 2.05) is 6.92 Å². The highest BCUT2D eigenvalue weighted by atomic mass is 16.5. The van der Waals surface area contributed by atoms with Crippen molar-refractivity contribution in [1.82, 2.24) is 9.55 Å². The Morgan fingerprint density at radius 2 is 2.32 bits per heavy atom. The van der Waals surface area contributed by atoms with Crippen molar-refractivity contribution in [1.29, 1.82) is 0 Å². The Morgan fingerprint density at radius 3 is 3.00 bits per heavy atom. The number of ether oxygens (including phenoxy) is 1. The standard InChI is InChI=1S/C15H27N3O/c1-4-19-9-5-8-16-15-17-13(3)11-18(15)10-12(2)14-6-7-14/h11-12,14H,4-10H2,1-3H3,(H,16,17). The maximum absolute atomic E-state index is 5.34. The van der Waals surface area contributed by atoms with Crippen molar-refractivity contribution in [2.24, 2.45) is 11.8 Å². The van der Waals surface area contributed by atoms with Gasteiger partial charge in [-0.25, -0.2) is 4.98 Å². The number of nitrogens with zero attached hydrogens (tertiary/aromatic N) is 2. The van der Waals surface area contributed by atoms with E-state index < -0.39 is 0 Å². The molecule has 0 saturated heterocycles. The molecule has 1 saturated carbocycles. The van der Waals surface area contributed by atoms with Crippen molar-refractivity contribution >= 4 is 5.95 Å². The fourth-order valence-corrected chi connectivity index (χ4v) is 2.47. The fourth-order valence-electron chi connectivity index (χ4n) is 2.47. The Labute approximate surface area is 116 Å². The molecule has 0 bridgehead atoms. The summed E-state index contributed by atoms with van der Waals surface area (Å²) in [7, 11) is 0. The first-order valence-corrected chi connectivity index (χ1v) is 7.56. The van der Waals surface area contributed by atoms with E-state index >= 15 is 0 Å². The molecule has 0 spiro atoms. The highest BCUT2D eigenvalue weighted by Crippen LogP contribution is 2.37. The van der Waals surface area contributed by atoms with Gasteiger partial charge < -0.3 is 14.6 Å². The first-order chi connectivity index (χ1) is 9.20. The van der Waals surface area contributed by atoms with Crippen LogP contribution in [-0.2, 0) is 11.3 Å². The third-order valence-corrected chi connectivity index (χ3v) is 3.76. The average molecular weight is 265 g/mol. The second-order valence-electron chi connectivity index (χ2n) is 5.65. The molecular formula is C15H27N3O. The molecule has 19 heavy (non-hydrogen) atoms. The van der Waals surface area contributed by atoms with Crippen molar-refractivity contribution in [3.05, 3.63) is 11.9 Å². The summed E-state index contributed by atoms with van der Waals surface area (Å²) in [6.07, 6.45) is 6.00. The van der Waals surface area contributed by atoms with Crippen LogP contribution < -0.4 is 5.32 Å². The minimum Gasteiger partial charge on any atom is -0.382 e. The van der Waals surface area contributed by atoms with Gasteiger partial charge in [0.1, 0.15) is 0 Å². The summed E-state index contributed by atoms with van der Waals surface area (Å²) >= 11 is 0. The number of aromatic nitrogens is 2. The summed E-state index contributed by atoms with van der Waals surface area (Å²) in [4.78, 5) is 4.57. The van der Waals surface area contributed by atoms with Crippen molar-refractivity contribution in [3.8, 4) is 0 Å². The summed E-state index contributed by atoms with van der Waals surface area (Å²) in [5.74, 6) is 2.72. The summed E-state index contributed by atoms with van der Waals surface area (Å²) in [6, 6.07) is 0. The van der Waals surface area contributed by atoms with Gasteiger partial charge >= 0.3 is 0 Å². The van der Waals surface area contributed by atoms with Gasteiger partial charge in [-0.05, 0) is 44.9 Å². The van der Waals surface area contributed by atoms with Crippen LogP contribution in [0.1, 0.15) is 38.8 Å². The minimum absolute atomic E-state index is 0.762. The highest BCUT2D eigenvalue weighted by Gasteiger charge is 2.28. The lowest BCUT2D eigenvalue weighted by atomic mass is 10.1. The molecule has 1 aromatic rings. The van der Waals surface area contributed by atoms with Gasteiger partial charge in [-0.3, -0.25) is 0 Å². The molecule has 0 aromatic carbocycles. The van der Waals surface area contributed by atoms with Gasteiger partial charge in [0.2, 0.25) is 5.95 Å². The topological polar surface area (TPSA) is 39.1 Å². The molecule has 2 rings (SSSR count). The third kappa shape index (κ3) is 4.53. The molecule has 1 fully saturated rings. The number of aryl methyl sites for hydroxylation is 1. The lowest BCUT2D eigenvalue weighted by Crippen LogP contribution is -2.14. The molecular weight excluding hydrogens is 238 g/mol. The minimum atomic E-state index is 0.762. The Hall–Kier alpha value is -1.03. The highest BCUT2D eigenvalue weighted by molar-refractivity contribution is 5.28. The van der Waals surface area contributed by atoms with E-state index in [-0.39, 0.29) is 0 Å². The van der Waals surface area contributed by atoms with Gasteiger partial charge in [0.25, 0.3) is 0 Å². The molecule has 1 atom stereocenters. The van der Waals surface area contributed by atoms with Crippen LogP contribution in [-0.4, -0.2) is 29.3 Å². The number of hydrogen-bond acceptors (Lipinski definition) is 3. The van der Waals surface area contributed by atoms with Gasteiger partial charge in [-0.15, -0.1) is 0 Å². The van der Waals surface area contributed by atoms with Gasteiger partial charge in [0.05, 0.1) is 5.69 Å². The third-order valence-electron chi connectivity index (χ3n) is 3.76. The van der Waals surface area contributed by atoms with E-state index in [4.69, 9.17) is 4.74 Å². The van der Waals surface area contributed by atoms with E-state index in [0.717, 1.165) is 56.2 Å². The summed E-state index contributed by atoms with van der Waals surface area (Å²) < 4.78 is 7.62. The van der Waals surface area contributed by atoms with E-state index in [9.17, 15) is 0 Å². The molecule has 1 heterocycles. The van der Waals surface area contributed by atoms with Crippen molar-refractivity contribution in [2.45, 2.75) is 46.6 Å². The van der Waals surface area contributed by atoms with Crippen molar-refractivity contribution < 1.29 is 4.74 Å². The zero-order valence-electron chi connectivity index (χ0n) is 12.5.